The first-order valence-corrected chi connectivity index (χ1v) is 6.42. The Morgan fingerprint density at radius 1 is 1.50 bits per heavy atom. The molecule has 1 atom stereocenters. The highest BCUT2D eigenvalue weighted by Crippen LogP contribution is 2.24. The van der Waals surface area contributed by atoms with Crippen molar-refractivity contribution in [1.82, 2.24) is 25.2 Å². The van der Waals surface area contributed by atoms with Gasteiger partial charge in [0, 0.05) is 18.8 Å². The summed E-state index contributed by atoms with van der Waals surface area (Å²) in [6.45, 7) is 3.80. The number of carboxylic acid groups (broad SMARTS) is 1. The van der Waals surface area contributed by atoms with Crippen LogP contribution in [0.3, 0.4) is 0 Å². The van der Waals surface area contributed by atoms with Crippen LogP contribution >= 0.6 is 0 Å². The Morgan fingerprint density at radius 3 is 2.90 bits per heavy atom. The Hall–Kier alpha value is -2.31. The van der Waals surface area contributed by atoms with Gasteiger partial charge in [-0.2, -0.15) is 0 Å². The van der Waals surface area contributed by atoms with Crippen LogP contribution < -0.4 is 0 Å². The number of pyridine rings is 1. The van der Waals surface area contributed by atoms with Crippen LogP contribution in [0.2, 0.25) is 0 Å². The van der Waals surface area contributed by atoms with Gasteiger partial charge in [-0.15, -0.1) is 5.10 Å². The van der Waals surface area contributed by atoms with Crippen molar-refractivity contribution in [2.45, 2.75) is 33.2 Å². The van der Waals surface area contributed by atoms with E-state index >= 15 is 0 Å². The van der Waals surface area contributed by atoms with Gasteiger partial charge in [0.25, 0.3) is 0 Å². The van der Waals surface area contributed by atoms with Crippen molar-refractivity contribution in [3.63, 3.8) is 0 Å². The fourth-order valence-electron chi connectivity index (χ4n) is 1.82. The fraction of sp³-hybridized carbons (Fsp3) is 0.462. The molecule has 1 N–H and O–H groups in total. The van der Waals surface area contributed by atoms with E-state index in [1.54, 1.807) is 24.0 Å². The normalized spacial score (nSPS) is 13.9. The Balaban J connectivity index is 2.19. The quantitative estimate of drug-likeness (QED) is 0.850. The predicted molar refractivity (Wildman–Crippen MR) is 70.9 cm³/mol. The highest BCUT2D eigenvalue weighted by Gasteiger charge is 2.33. The number of carbonyl (C=O) groups is 1. The molecule has 106 valence electrons. The summed E-state index contributed by atoms with van der Waals surface area (Å²) in [7, 11) is 0. The second-order valence-electron chi connectivity index (χ2n) is 5.01. The van der Waals surface area contributed by atoms with Gasteiger partial charge in [0.15, 0.2) is 5.82 Å². The molecule has 7 nitrogen and oxygen atoms in total. The van der Waals surface area contributed by atoms with Crippen LogP contribution in [-0.2, 0) is 17.8 Å². The highest BCUT2D eigenvalue weighted by atomic mass is 16.4. The number of aliphatic carboxylic acids is 1. The van der Waals surface area contributed by atoms with Crippen LogP contribution in [0.25, 0.3) is 0 Å². The molecule has 0 saturated carbocycles. The van der Waals surface area contributed by atoms with Crippen LogP contribution in [0.4, 0.5) is 0 Å². The van der Waals surface area contributed by atoms with E-state index in [-0.39, 0.29) is 6.54 Å². The van der Waals surface area contributed by atoms with E-state index in [1.807, 2.05) is 19.1 Å². The van der Waals surface area contributed by atoms with E-state index in [0.29, 0.717) is 18.7 Å². The molecule has 0 spiro atoms. The molecule has 0 saturated heterocycles. The number of hydrogen-bond acceptors (Lipinski definition) is 5. The Morgan fingerprint density at radius 2 is 2.30 bits per heavy atom. The van der Waals surface area contributed by atoms with Gasteiger partial charge in [0.2, 0.25) is 0 Å². The summed E-state index contributed by atoms with van der Waals surface area (Å²) in [5, 5.41) is 20.8. The average molecular weight is 275 g/mol. The van der Waals surface area contributed by atoms with Crippen LogP contribution in [0.1, 0.15) is 31.7 Å². The number of aromatic nitrogens is 5. The standard InChI is InChI=1S/C13H17N5O2/c1-3-13(2,12(19)20)9-18-11(15-16-17-18)7-10-5-4-6-14-8-10/h4-6,8H,3,7,9H2,1-2H3,(H,19,20). The maximum absolute atomic E-state index is 11.4. The second kappa shape index (κ2) is 5.77. The Kier molecular flexibility index (Phi) is 4.07. The SMILES string of the molecule is CCC(C)(Cn1nnnc1Cc1cccnc1)C(=O)O. The van der Waals surface area contributed by atoms with E-state index in [9.17, 15) is 9.90 Å². The minimum Gasteiger partial charge on any atom is -0.481 e. The monoisotopic (exact) mass is 275 g/mol. The average Bonchev–Trinajstić information content (AvgIpc) is 2.86. The zero-order valence-electron chi connectivity index (χ0n) is 11.5. The smallest absolute Gasteiger partial charge is 0.311 e. The highest BCUT2D eigenvalue weighted by molar-refractivity contribution is 5.73. The summed E-state index contributed by atoms with van der Waals surface area (Å²) in [6.07, 6.45) is 4.48. The van der Waals surface area contributed by atoms with Crippen LogP contribution in [-0.4, -0.2) is 36.3 Å². The molecule has 1 unspecified atom stereocenters. The largest absolute Gasteiger partial charge is 0.481 e. The molecule has 2 aromatic rings. The van der Waals surface area contributed by atoms with E-state index in [2.05, 4.69) is 20.5 Å². The molecule has 0 fully saturated rings. The molecule has 2 rings (SSSR count). The molecule has 0 radical (unpaired) electrons. The van der Waals surface area contributed by atoms with E-state index in [4.69, 9.17) is 0 Å². The van der Waals surface area contributed by atoms with Gasteiger partial charge >= 0.3 is 5.97 Å². The minimum absolute atomic E-state index is 0.251. The lowest BCUT2D eigenvalue weighted by atomic mass is 9.88. The Bertz CT molecular complexity index is 583. The molecule has 0 bridgehead atoms. The van der Waals surface area contributed by atoms with E-state index in [1.165, 1.54) is 0 Å². The molecule has 20 heavy (non-hydrogen) atoms. The molecule has 2 aromatic heterocycles. The fourth-order valence-corrected chi connectivity index (χ4v) is 1.82. The van der Waals surface area contributed by atoms with Crippen LogP contribution in [0.15, 0.2) is 24.5 Å². The van der Waals surface area contributed by atoms with Gasteiger partial charge in [0.05, 0.1) is 12.0 Å². The third-order valence-corrected chi connectivity index (χ3v) is 3.49. The molecule has 0 amide bonds. The summed E-state index contributed by atoms with van der Waals surface area (Å²) in [4.78, 5) is 15.4. The first-order chi connectivity index (χ1) is 9.55. The van der Waals surface area contributed by atoms with E-state index in [0.717, 1.165) is 5.56 Å². The maximum Gasteiger partial charge on any atom is 0.311 e. The van der Waals surface area contributed by atoms with Crippen molar-refractivity contribution in [1.29, 1.82) is 0 Å². The summed E-state index contributed by atoms with van der Waals surface area (Å²) in [5.74, 6) is -0.207. The second-order valence-corrected chi connectivity index (χ2v) is 5.01. The lowest BCUT2D eigenvalue weighted by Crippen LogP contribution is -2.33. The molecule has 0 aliphatic carbocycles. The van der Waals surface area contributed by atoms with Gasteiger partial charge in [-0.05, 0) is 35.4 Å². The van der Waals surface area contributed by atoms with Gasteiger partial charge in [0.1, 0.15) is 0 Å². The molecule has 0 aliphatic rings. The van der Waals surface area contributed by atoms with Crippen molar-refractivity contribution in [2.75, 3.05) is 0 Å². The zero-order chi connectivity index (χ0) is 14.6. The van der Waals surface area contributed by atoms with Crippen molar-refractivity contribution in [2.24, 2.45) is 5.41 Å². The topological polar surface area (TPSA) is 93.8 Å². The first-order valence-electron chi connectivity index (χ1n) is 6.42. The lowest BCUT2D eigenvalue weighted by Gasteiger charge is -2.22. The predicted octanol–water partition coefficient (Wildman–Crippen LogP) is 1.16. The third-order valence-electron chi connectivity index (χ3n) is 3.49. The number of carboxylic acids is 1. The van der Waals surface area contributed by atoms with Gasteiger partial charge in [-0.1, -0.05) is 13.0 Å². The molecular formula is C13H17N5O2. The van der Waals surface area contributed by atoms with Crippen LogP contribution in [0.5, 0.6) is 0 Å². The van der Waals surface area contributed by atoms with Crippen molar-refractivity contribution < 1.29 is 9.90 Å². The van der Waals surface area contributed by atoms with E-state index < -0.39 is 11.4 Å². The minimum atomic E-state index is -0.876. The zero-order valence-corrected chi connectivity index (χ0v) is 11.5. The Labute approximate surface area is 116 Å². The summed E-state index contributed by atoms with van der Waals surface area (Å²) >= 11 is 0. The van der Waals surface area contributed by atoms with Gasteiger partial charge in [-0.25, -0.2) is 4.68 Å². The van der Waals surface area contributed by atoms with Crippen LogP contribution in [0, 0.1) is 5.41 Å². The van der Waals surface area contributed by atoms with Crippen molar-refractivity contribution in [3.8, 4) is 0 Å². The first kappa shape index (κ1) is 14.1. The molecule has 2 heterocycles. The van der Waals surface area contributed by atoms with Crippen molar-refractivity contribution in [3.05, 3.63) is 35.9 Å². The number of hydrogen-bond donors (Lipinski definition) is 1. The number of nitrogens with zero attached hydrogens (tertiary/aromatic N) is 5. The third kappa shape index (κ3) is 2.98. The molecule has 0 aromatic carbocycles. The molecular weight excluding hydrogens is 258 g/mol. The van der Waals surface area contributed by atoms with Gasteiger partial charge in [-0.3, -0.25) is 9.78 Å². The number of tetrazole rings is 1. The summed E-state index contributed by atoms with van der Waals surface area (Å²) in [5.41, 5.74) is 0.107. The molecule has 0 aliphatic heterocycles. The van der Waals surface area contributed by atoms with Crippen molar-refractivity contribution >= 4 is 5.97 Å². The lowest BCUT2D eigenvalue weighted by molar-refractivity contribution is -0.149. The molecule has 7 heteroatoms. The summed E-state index contributed by atoms with van der Waals surface area (Å²) < 4.78 is 1.56. The summed E-state index contributed by atoms with van der Waals surface area (Å²) in [6, 6.07) is 3.78. The van der Waals surface area contributed by atoms with Gasteiger partial charge < -0.3 is 5.11 Å². The number of rotatable bonds is 6. The maximum atomic E-state index is 11.4.